The van der Waals surface area contributed by atoms with Crippen LogP contribution in [0.2, 0.25) is 4.34 Å². The van der Waals surface area contributed by atoms with Gasteiger partial charge in [0.15, 0.2) is 0 Å². The van der Waals surface area contributed by atoms with E-state index in [1.807, 2.05) is 12.1 Å². The highest BCUT2D eigenvalue weighted by Crippen LogP contribution is 2.40. The van der Waals surface area contributed by atoms with Crippen molar-refractivity contribution in [3.05, 3.63) is 21.3 Å². The lowest BCUT2D eigenvalue weighted by molar-refractivity contribution is -0.120. The van der Waals surface area contributed by atoms with Crippen LogP contribution in [0.5, 0.6) is 0 Å². The van der Waals surface area contributed by atoms with Crippen LogP contribution in [0.25, 0.3) is 0 Å². The maximum Gasteiger partial charge on any atom is 0.0931 e. The van der Waals surface area contributed by atoms with Gasteiger partial charge in [-0.1, -0.05) is 11.6 Å². The molecule has 2 rings (SSSR count). The highest BCUT2D eigenvalue weighted by Gasteiger charge is 2.44. The van der Waals surface area contributed by atoms with Gasteiger partial charge >= 0.3 is 0 Å². The number of thiophene rings is 1. The van der Waals surface area contributed by atoms with Gasteiger partial charge in [0.2, 0.25) is 0 Å². The fourth-order valence-electron chi connectivity index (χ4n) is 1.59. The van der Waals surface area contributed by atoms with Crippen molar-refractivity contribution < 1.29 is 4.74 Å². The minimum Gasteiger partial charge on any atom is -0.380 e. The van der Waals surface area contributed by atoms with Gasteiger partial charge in [0, 0.05) is 16.8 Å². The fourth-order valence-corrected chi connectivity index (χ4v) is 2.79. The first-order chi connectivity index (χ1) is 6.68. The first kappa shape index (κ1) is 10.4. The van der Waals surface area contributed by atoms with E-state index in [2.05, 4.69) is 0 Å². The Bertz CT molecular complexity index is 319. The summed E-state index contributed by atoms with van der Waals surface area (Å²) in [6.07, 6.45) is 0. The molecule has 1 aromatic heterocycles. The fraction of sp³-hybridized carbons (Fsp3) is 0.556. The molecule has 78 valence electrons. The summed E-state index contributed by atoms with van der Waals surface area (Å²) in [5, 5.41) is 0. The zero-order valence-electron chi connectivity index (χ0n) is 7.70. The van der Waals surface area contributed by atoms with Crippen molar-refractivity contribution >= 4 is 22.9 Å². The molecule has 0 radical (unpaired) electrons. The third kappa shape index (κ3) is 1.57. The van der Waals surface area contributed by atoms with E-state index in [0.29, 0.717) is 19.8 Å². The minimum absolute atomic E-state index is 0.0567. The zero-order chi connectivity index (χ0) is 10.2. The van der Waals surface area contributed by atoms with Crippen LogP contribution in [0.1, 0.15) is 10.9 Å². The van der Waals surface area contributed by atoms with Gasteiger partial charge in [0.05, 0.1) is 23.6 Å². The van der Waals surface area contributed by atoms with Gasteiger partial charge < -0.3 is 16.2 Å². The Kier molecular flexibility index (Phi) is 2.81. The van der Waals surface area contributed by atoms with Crippen LogP contribution in [0.15, 0.2) is 12.1 Å². The molecule has 5 heteroatoms. The van der Waals surface area contributed by atoms with E-state index in [1.54, 1.807) is 0 Å². The summed E-state index contributed by atoms with van der Waals surface area (Å²) in [6, 6.07) is 3.78. The van der Waals surface area contributed by atoms with Crippen LogP contribution in [-0.4, -0.2) is 19.8 Å². The average molecular weight is 233 g/mol. The molecule has 4 N–H and O–H groups in total. The summed E-state index contributed by atoms with van der Waals surface area (Å²) in [4.78, 5) is 1.09. The summed E-state index contributed by atoms with van der Waals surface area (Å²) < 4.78 is 5.96. The van der Waals surface area contributed by atoms with Gasteiger partial charge in [-0.3, -0.25) is 0 Å². The molecule has 0 amide bonds. The predicted molar refractivity (Wildman–Crippen MR) is 58.6 cm³/mol. The molecule has 2 heterocycles. The monoisotopic (exact) mass is 232 g/mol. The van der Waals surface area contributed by atoms with E-state index in [9.17, 15) is 0 Å². The Morgan fingerprint density at radius 1 is 1.57 bits per heavy atom. The van der Waals surface area contributed by atoms with Crippen LogP contribution in [0.3, 0.4) is 0 Å². The van der Waals surface area contributed by atoms with Crippen molar-refractivity contribution in [2.75, 3.05) is 19.8 Å². The molecule has 0 saturated carbocycles. The zero-order valence-corrected chi connectivity index (χ0v) is 9.27. The van der Waals surface area contributed by atoms with Crippen molar-refractivity contribution in [2.24, 2.45) is 16.9 Å². The Morgan fingerprint density at radius 3 is 2.64 bits per heavy atom. The second kappa shape index (κ2) is 3.79. The molecule has 1 aliphatic rings. The second-order valence-corrected chi connectivity index (χ2v) is 5.43. The maximum absolute atomic E-state index is 6.15. The Labute approximate surface area is 92.0 Å². The third-order valence-corrected chi connectivity index (χ3v) is 4.06. The largest absolute Gasteiger partial charge is 0.380 e. The van der Waals surface area contributed by atoms with Gasteiger partial charge in [0.25, 0.3) is 0 Å². The van der Waals surface area contributed by atoms with Crippen molar-refractivity contribution in [1.82, 2.24) is 0 Å². The van der Waals surface area contributed by atoms with Crippen LogP contribution in [0.4, 0.5) is 0 Å². The van der Waals surface area contributed by atoms with Crippen LogP contribution in [0, 0.1) is 5.41 Å². The molecule has 1 aromatic rings. The standard InChI is InChI=1S/C9H13ClN2OS/c10-7-2-1-6(14-7)8(12)9(3-11)4-13-5-9/h1-2,8H,3-5,11-12H2. The van der Waals surface area contributed by atoms with Crippen molar-refractivity contribution in [3.8, 4) is 0 Å². The number of ether oxygens (including phenoxy) is 1. The quantitative estimate of drug-likeness (QED) is 0.828. The summed E-state index contributed by atoms with van der Waals surface area (Å²) in [5.74, 6) is 0. The molecule has 0 spiro atoms. The number of halogens is 1. The molecule has 0 aromatic carbocycles. The molecule has 1 fully saturated rings. The smallest absolute Gasteiger partial charge is 0.0931 e. The Balaban J connectivity index is 2.18. The Morgan fingerprint density at radius 2 is 2.29 bits per heavy atom. The molecule has 0 bridgehead atoms. The van der Waals surface area contributed by atoms with Gasteiger partial charge in [-0.05, 0) is 12.1 Å². The van der Waals surface area contributed by atoms with E-state index in [1.165, 1.54) is 11.3 Å². The van der Waals surface area contributed by atoms with Crippen LogP contribution >= 0.6 is 22.9 Å². The first-order valence-electron chi connectivity index (χ1n) is 4.46. The van der Waals surface area contributed by atoms with E-state index in [0.717, 1.165) is 9.21 Å². The van der Waals surface area contributed by atoms with Gasteiger partial charge in [-0.15, -0.1) is 11.3 Å². The molecule has 1 atom stereocenters. The molecule has 3 nitrogen and oxygen atoms in total. The molecule has 14 heavy (non-hydrogen) atoms. The van der Waals surface area contributed by atoms with E-state index in [-0.39, 0.29) is 11.5 Å². The molecular weight excluding hydrogens is 220 g/mol. The third-order valence-electron chi connectivity index (χ3n) is 2.75. The van der Waals surface area contributed by atoms with Gasteiger partial charge in [0.1, 0.15) is 0 Å². The van der Waals surface area contributed by atoms with E-state index < -0.39 is 0 Å². The van der Waals surface area contributed by atoms with Crippen LogP contribution < -0.4 is 11.5 Å². The summed E-state index contributed by atoms with van der Waals surface area (Å²) in [7, 11) is 0. The predicted octanol–water partition coefficient (Wildman–Crippen LogP) is 1.38. The van der Waals surface area contributed by atoms with Crippen molar-refractivity contribution in [2.45, 2.75) is 6.04 Å². The topological polar surface area (TPSA) is 61.3 Å². The van der Waals surface area contributed by atoms with E-state index >= 15 is 0 Å². The highest BCUT2D eigenvalue weighted by atomic mass is 35.5. The number of rotatable bonds is 3. The Hall–Kier alpha value is -0.130. The minimum atomic E-state index is -0.0752. The normalized spacial score (nSPS) is 21.6. The first-order valence-corrected chi connectivity index (χ1v) is 5.66. The maximum atomic E-state index is 6.15. The molecule has 1 saturated heterocycles. The lowest BCUT2D eigenvalue weighted by Crippen LogP contribution is -2.54. The average Bonchev–Trinajstić information content (AvgIpc) is 2.50. The molecule has 0 aliphatic carbocycles. The molecular formula is C9H13ClN2OS. The van der Waals surface area contributed by atoms with Gasteiger partial charge in [-0.25, -0.2) is 0 Å². The SMILES string of the molecule is NCC1(C(N)c2ccc(Cl)s2)COC1. The lowest BCUT2D eigenvalue weighted by atomic mass is 9.78. The molecule has 1 unspecified atom stereocenters. The number of hydrogen-bond acceptors (Lipinski definition) is 4. The second-order valence-electron chi connectivity index (χ2n) is 3.68. The summed E-state index contributed by atoms with van der Waals surface area (Å²) in [6.45, 7) is 1.87. The van der Waals surface area contributed by atoms with Crippen molar-refractivity contribution in [1.29, 1.82) is 0 Å². The number of nitrogens with two attached hydrogens (primary N) is 2. The van der Waals surface area contributed by atoms with Crippen molar-refractivity contribution in [3.63, 3.8) is 0 Å². The van der Waals surface area contributed by atoms with Crippen LogP contribution in [-0.2, 0) is 4.74 Å². The van der Waals surface area contributed by atoms with E-state index in [4.69, 9.17) is 27.8 Å². The van der Waals surface area contributed by atoms with Gasteiger partial charge in [-0.2, -0.15) is 0 Å². The highest BCUT2D eigenvalue weighted by molar-refractivity contribution is 7.16. The molecule has 1 aliphatic heterocycles. The number of hydrogen-bond donors (Lipinski definition) is 2. The summed E-state index contributed by atoms with van der Waals surface area (Å²) in [5.41, 5.74) is 11.8. The summed E-state index contributed by atoms with van der Waals surface area (Å²) >= 11 is 7.38. The lowest BCUT2D eigenvalue weighted by Gasteiger charge is -2.44.